The van der Waals surface area contributed by atoms with Crippen LogP contribution < -0.4 is 10.1 Å². The predicted octanol–water partition coefficient (Wildman–Crippen LogP) is 5.07. The van der Waals surface area contributed by atoms with Crippen LogP contribution in [0, 0.1) is 0 Å². The van der Waals surface area contributed by atoms with E-state index in [0.29, 0.717) is 10.2 Å². The molecule has 0 saturated carbocycles. The van der Waals surface area contributed by atoms with Gasteiger partial charge in [-0.1, -0.05) is 28.1 Å². The lowest BCUT2D eigenvalue weighted by atomic mass is 10.2. The van der Waals surface area contributed by atoms with Crippen LogP contribution in [0.2, 0.25) is 0 Å². The van der Waals surface area contributed by atoms with Crippen LogP contribution in [0.15, 0.2) is 51.4 Å². The summed E-state index contributed by atoms with van der Waals surface area (Å²) < 4.78 is 30.5. The molecule has 1 N–H and O–H groups in total. The first-order chi connectivity index (χ1) is 9.97. The van der Waals surface area contributed by atoms with Crippen molar-refractivity contribution in [1.29, 1.82) is 0 Å². The van der Waals surface area contributed by atoms with E-state index in [9.17, 15) is 13.6 Å². The summed E-state index contributed by atoms with van der Waals surface area (Å²) >= 11 is 6.61. The number of benzene rings is 2. The van der Waals surface area contributed by atoms with Crippen molar-refractivity contribution in [2.75, 3.05) is 5.32 Å². The van der Waals surface area contributed by atoms with E-state index in [1.54, 1.807) is 24.3 Å². The highest BCUT2D eigenvalue weighted by molar-refractivity contribution is 9.11. The molecule has 21 heavy (non-hydrogen) atoms. The van der Waals surface area contributed by atoms with Gasteiger partial charge in [-0.3, -0.25) is 4.79 Å². The summed E-state index contributed by atoms with van der Waals surface area (Å²) in [5, 5.41) is 2.64. The molecule has 0 aliphatic rings. The second-order valence-corrected chi connectivity index (χ2v) is 5.72. The maximum absolute atomic E-state index is 12.3. The van der Waals surface area contributed by atoms with E-state index in [1.165, 1.54) is 18.2 Å². The van der Waals surface area contributed by atoms with Gasteiger partial charge in [0.1, 0.15) is 5.75 Å². The normalized spacial score (nSPS) is 10.5. The van der Waals surface area contributed by atoms with Crippen molar-refractivity contribution in [2.45, 2.75) is 6.61 Å². The zero-order valence-corrected chi connectivity index (χ0v) is 13.6. The SMILES string of the molecule is O=C(Nc1ccc(Br)cc1Br)c1ccccc1OC(F)F. The minimum Gasteiger partial charge on any atom is -0.434 e. The number of alkyl halides is 2. The van der Waals surface area contributed by atoms with Gasteiger partial charge < -0.3 is 10.1 Å². The number of carbonyl (C=O) groups excluding carboxylic acids is 1. The fourth-order valence-corrected chi connectivity index (χ4v) is 2.78. The Labute approximate surface area is 136 Å². The number of hydrogen-bond donors (Lipinski definition) is 1. The molecule has 0 aromatic heterocycles. The Hall–Kier alpha value is -1.47. The summed E-state index contributed by atoms with van der Waals surface area (Å²) in [5.41, 5.74) is 0.558. The molecule has 2 rings (SSSR count). The fraction of sp³-hybridized carbons (Fsp3) is 0.0714. The lowest BCUT2D eigenvalue weighted by Crippen LogP contribution is -2.15. The van der Waals surface area contributed by atoms with Crippen LogP contribution in [-0.2, 0) is 0 Å². The van der Waals surface area contributed by atoms with Gasteiger partial charge in [0.15, 0.2) is 0 Å². The Kier molecular flexibility index (Phi) is 5.30. The van der Waals surface area contributed by atoms with Gasteiger partial charge in [0.05, 0.1) is 11.3 Å². The van der Waals surface area contributed by atoms with Crippen LogP contribution in [0.4, 0.5) is 14.5 Å². The second-order valence-electron chi connectivity index (χ2n) is 3.95. The lowest BCUT2D eigenvalue weighted by Gasteiger charge is -2.11. The third-order valence-electron chi connectivity index (χ3n) is 2.53. The van der Waals surface area contributed by atoms with E-state index in [4.69, 9.17) is 0 Å². The quantitative estimate of drug-likeness (QED) is 0.750. The Bertz CT molecular complexity index is 665. The Morgan fingerprint density at radius 2 is 1.86 bits per heavy atom. The van der Waals surface area contributed by atoms with Gasteiger partial charge in [-0.2, -0.15) is 8.78 Å². The third-order valence-corrected chi connectivity index (χ3v) is 3.68. The second kappa shape index (κ2) is 7.00. The van der Waals surface area contributed by atoms with E-state index in [0.717, 1.165) is 4.47 Å². The van der Waals surface area contributed by atoms with Crippen LogP contribution in [0.3, 0.4) is 0 Å². The number of amides is 1. The van der Waals surface area contributed by atoms with Crippen molar-refractivity contribution in [3.63, 3.8) is 0 Å². The van der Waals surface area contributed by atoms with Gasteiger partial charge in [-0.05, 0) is 46.3 Å². The molecule has 2 aromatic carbocycles. The largest absolute Gasteiger partial charge is 0.434 e. The predicted molar refractivity (Wildman–Crippen MR) is 82.9 cm³/mol. The van der Waals surface area contributed by atoms with Crippen LogP contribution in [0.1, 0.15) is 10.4 Å². The maximum Gasteiger partial charge on any atom is 0.387 e. The van der Waals surface area contributed by atoms with Crippen LogP contribution in [0.5, 0.6) is 5.75 Å². The summed E-state index contributed by atoms with van der Waals surface area (Å²) in [5.74, 6) is -0.701. The molecular weight excluding hydrogens is 412 g/mol. The first-order valence-electron chi connectivity index (χ1n) is 5.77. The summed E-state index contributed by atoms with van der Waals surface area (Å²) in [6.07, 6.45) is 0. The number of halogens is 4. The minimum atomic E-state index is -2.99. The van der Waals surface area contributed by atoms with Crippen molar-refractivity contribution in [3.05, 3.63) is 57.0 Å². The Morgan fingerprint density at radius 1 is 1.14 bits per heavy atom. The molecule has 0 spiro atoms. The van der Waals surface area contributed by atoms with Gasteiger partial charge in [-0.25, -0.2) is 0 Å². The number of hydrogen-bond acceptors (Lipinski definition) is 2. The molecule has 1 amide bonds. The number of rotatable bonds is 4. The number of para-hydroxylation sites is 1. The average molecular weight is 421 g/mol. The van der Waals surface area contributed by atoms with E-state index in [-0.39, 0.29) is 11.3 Å². The molecule has 0 heterocycles. The van der Waals surface area contributed by atoms with Gasteiger partial charge in [-0.15, -0.1) is 0 Å². The first-order valence-corrected chi connectivity index (χ1v) is 7.36. The zero-order chi connectivity index (χ0) is 15.4. The van der Waals surface area contributed by atoms with E-state index < -0.39 is 12.5 Å². The Balaban J connectivity index is 2.24. The topological polar surface area (TPSA) is 38.3 Å². The molecule has 110 valence electrons. The zero-order valence-electron chi connectivity index (χ0n) is 10.4. The summed E-state index contributed by atoms with van der Waals surface area (Å²) in [4.78, 5) is 12.2. The average Bonchev–Trinajstić information content (AvgIpc) is 2.42. The third kappa shape index (κ3) is 4.25. The molecule has 0 aliphatic carbocycles. The summed E-state index contributed by atoms with van der Waals surface area (Å²) in [6.45, 7) is -2.99. The summed E-state index contributed by atoms with van der Waals surface area (Å²) in [7, 11) is 0. The van der Waals surface area contributed by atoms with Gasteiger partial charge in [0, 0.05) is 8.95 Å². The first kappa shape index (κ1) is 15.9. The van der Waals surface area contributed by atoms with Crippen molar-refractivity contribution in [2.24, 2.45) is 0 Å². The van der Waals surface area contributed by atoms with Gasteiger partial charge >= 0.3 is 6.61 Å². The molecule has 0 fully saturated rings. The highest BCUT2D eigenvalue weighted by Crippen LogP contribution is 2.28. The van der Waals surface area contributed by atoms with Gasteiger partial charge in [0.25, 0.3) is 5.91 Å². The molecule has 0 radical (unpaired) electrons. The lowest BCUT2D eigenvalue weighted by molar-refractivity contribution is -0.0501. The number of ether oxygens (including phenoxy) is 1. The molecule has 0 atom stereocenters. The standard InChI is InChI=1S/C14H9Br2F2NO2/c15-8-5-6-11(10(16)7-8)19-13(20)9-3-1-2-4-12(9)21-14(17)18/h1-7,14H,(H,19,20). The van der Waals surface area contributed by atoms with Crippen LogP contribution >= 0.6 is 31.9 Å². The van der Waals surface area contributed by atoms with E-state index in [2.05, 4.69) is 41.9 Å². The van der Waals surface area contributed by atoms with Gasteiger partial charge in [0.2, 0.25) is 0 Å². The van der Waals surface area contributed by atoms with Crippen molar-refractivity contribution in [1.82, 2.24) is 0 Å². The monoisotopic (exact) mass is 419 g/mol. The number of anilines is 1. The molecule has 2 aromatic rings. The molecule has 0 bridgehead atoms. The molecule has 7 heteroatoms. The molecule has 0 saturated heterocycles. The number of carbonyl (C=O) groups is 1. The van der Waals surface area contributed by atoms with Crippen LogP contribution in [-0.4, -0.2) is 12.5 Å². The van der Waals surface area contributed by atoms with Crippen LogP contribution in [0.25, 0.3) is 0 Å². The molecular formula is C14H9Br2F2NO2. The number of nitrogens with one attached hydrogen (secondary N) is 1. The Morgan fingerprint density at radius 3 is 2.52 bits per heavy atom. The smallest absolute Gasteiger partial charge is 0.387 e. The molecule has 3 nitrogen and oxygen atoms in total. The maximum atomic E-state index is 12.3. The fourth-order valence-electron chi connectivity index (χ4n) is 1.63. The highest BCUT2D eigenvalue weighted by atomic mass is 79.9. The van der Waals surface area contributed by atoms with Crippen molar-refractivity contribution >= 4 is 43.5 Å². The summed E-state index contributed by atoms with van der Waals surface area (Å²) in [6, 6.07) is 11.0. The molecule has 0 unspecified atom stereocenters. The highest BCUT2D eigenvalue weighted by Gasteiger charge is 2.16. The minimum absolute atomic E-state index is 0.0348. The van der Waals surface area contributed by atoms with E-state index >= 15 is 0 Å². The molecule has 0 aliphatic heterocycles. The van der Waals surface area contributed by atoms with Crippen molar-refractivity contribution in [3.8, 4) is 5.75 Å². The van der Waals surface area contributed by atoms with Crippen molar-refractivity contribution < 1.29 is 18.3 Å². The van der Waals surface area contributed by atoms with E-state index in [1.807, 2.05) is 0 Å².